The molecule has 0 atom stereocenters. The molecular weight excluding hydrogens is 530 g/mol. The minimum Gasteiger partial charge on any atom is -0.494 e. The molecule has 0 unspecified atom stereocenters. The molecule has 1 saturated heterocycles. The number of carbonyl (C=O) groups is 2. The summed E-state index contributed by atoms with van der Waals surface area (Å²) in [7, 11) is 0. The number of aromatic hydroxyl groups is 1. The maximum atomic E-state index is 13.2. The average molecular weight is 558 g/mol. The highest BCUT2D eigenvalue weighted by molar-refractivity contribution is 8.26. The van der Waals surface area contributed by atoms with Crippen molar-refractivity contribution in [1.82, 2.24) is 9.47 Å². The van der Waals surface area contributed by atoms with Gasteiger partial charge < -0.3 is 5.11 Å². The average Bonchev–Trinajstić information content (AvgIpc) is 3.16. The Morgan fingerprint density at radius 3 is 2.28 bits per heavy atom. The molecule has 7 nitrogen and oxygen atoms in total. The van der Waals surface area contributed by atoms with Crippen molar-refractivity contribution < 1.29 is 14.7 Å². The Balaban J connectivity index is 1.50. The van der Waals surface area contributed by atoms with Crippen LogP contribution in [-0.2, 0) is 11.3 Å². The van der Waals surface area contributed by atoms with Crippen LogP contribution < -0.4 is 5.56 Å². The van der Waals surface area contributed by atoms with E-state index in [0.717, 1.165) is 26.8 Å². The van der Waals surface area contributed by atoms with Gasteiger partial charge in [-0.3, -0.25) is 23.9 Å². The molecule has 0 aliphatic carbocycles. The second-order valence-electron chi connectivity index (χ2n) is 9.46. The standard InChI is InChI=1S/C30H27N3O4S2/c1-18-6-10-21(11-7-18)15-25-28(36)32(30(38)39-25)14-4-5-24(34)26-20(3)23(16-31)27(35)33(29(26)37)17-22-12-8-19(2)9-13-22/h6-13,15,37H,4-5,14,17H2,1-3H3/b25-15-. The molecular formula is C30H27N3O4S2. The molecule has 4 rings (SSSR count). The number of aromatic nitrogens is 1. The van der Waals surface area contributed by atoms with Gasteiger partial charge in [0.05, 0.1) is 17.0 Å². The molecule has 0 saturated carbocycles. The zero-order chi connectivity index (χ0) is 28.3. The van der Waals surface area contributed by atoms with Crippen LogP contribution in [0.4, 0.5) is 0 Å². The van der Waals surface area contributed by atoms with E-state index in [9.17, 15) is 24.8 Å². The first kappa shape index (κ1) is 28.0. The molecule has 1 amide bonds. The molecule has 2 heterocycles. The Bertz CT molecular complexity index is 1600. The third-order valence-corrected chi connectivity index (χ3v) is 7.95. The van der Waals surface area contributed by atoms with Gasteiger partial charge in [-0.2, -0.15) is 5.26 Å². The van der Waals surface area contributed by atoms with Crippen molar-refractivity contribution in [2.75, 3.05) is 6.54 Å². The monoisotopic (exact) mass is 557 g/mol. The summed E-state index contributed by atoms with van der Waals surface area (Å²) in [6.45, 7) is 5.66. The number of thioether (sulfide) groups is 1. The molecule has 1 aromatic heterocycles. The van der Waals surface area contributed by atoms with Crippen molar-refractivity contribution in [2.24, 2.45) is 0 Å². The first-order valence-electron chi connectivity index (χ1n) is 12.4. The van der Waals surface area contributed by atoms with Crippen LogP contribution >= 0.6 is 24.0 Å². The number of ketones is 1. The van der Waals surface area contributed by atoms with Gasteiger partial charge in [-0.15, -0.1) is 0 Å². The number of aryl methyl sites for hydroxylation is 2. The molecule has 1 fully saturated rings. The first-order valence-corrected chi connectivity index (χ1v) is 13.6. The smallest absolute Gasteiger partial charge is 0.271 e. The molecule has 1 N–H and O–H groups in total. The lowest BCUT2D eigenvalue weighted by Crippen LogP contribution is -2.30. The van der Waals surface area contributed by atoms with Crippen LogP contribution in [0.1, 0.15) is 56.6 Å². The molecule has 39 heavy (non-hydrogen) atoms. The number of carbonyl (C=O) groups excluding carboxylic acids is 2. The molecule has 3 aromatic rings. The summed E-state index contributed by atoms with van der Waals surface area (Å²) in [5.41, 5.74) is 3.08. The highest BCUT2D eigenvalue weighted by Gasteiger charge is 2.32. The number of benzene rings is 2. The number of hydrogen-bond acceptors (Lipinski definition) is 7. The van der Waals surface area contributed by atoms with E-state index in [4.69, 9.17) is 12.2 Å². The van der Waals surface area contributed by atoms with Gasteiger partial charge in [0.15, 0.2) is 5.78 Å². The van der Waals surface area contributed by atoms with Crippen LogP contribution in [0.3, 0.4) is 0 Å². The summed E-state index contributed by atoms with van der Waals surface area (Å²) >= 11 is 6.63. The quantitative estimate of drug-likeness (QED) is 0.229. The zero-order valence-electron chi connectivity index (χ0n) is 21.9. The largest absolute Gasteiger partial charge is 0.494 e. The fourth-order valence-corrected chi connectivity index (χ4v) is 5.65. The zero-order valence-corrected chi connectivity index (χ0v) is 23.5. The predicted molar refractivity (Wildman–Crippen MR) is 157 cm³/mol. The van der Waals surface area contributed by atoms with Crippen molar-refractivity contribution in [1.29, 1.82) is 5.26 Å². The normalized spacial score (nSPS) is 14.2. The van der Waals surface area contributed by atoms with Crippen LogP contribution in [0.25, 0.3) is 6.08 Å². The number of nitriles is 1. The van der Waals surface area contributed by atoms with Gasteiger partial charge >= 0.3 is 0 Å². The van der Waals surface area contributed by atoms with E-state index in [0.29, 0.717) is 15.6 Å². The topological polar surface area (TPSA) is 103 Å². The van der Waals surface area contributed by atoms with Crippen LogP contribution in [-0.4, -0.2) is 37.1 Å². The number of thiocarbonyl (C=S) groups is 1. The van der Waals surface area contributed by atoms with E-state index in [1.807, 2.05) is 68.4 Å². The highest BCUT2D eigenvalue weighted by atomic mass is 32.2. The van der Waals surface area contributed by atoms with Gasteiger partial charge in [-0.1, -0.05) is 83.6 Å². The lowest BCUT2D eigenvalue weighted by molar-refractivity contribution is -0.122. The Morgan fingerprint density at radius 2 is 1.67 bits per heavy atom. The van der Waals surface area contributed by atoms with Crippen LogP contribution in [0.15, 0.2) is 58.2 Å². The van der Waals surface area contributed by atoms with Crippen molar-refractivity contribution in [3.8, 4) is 11.9 Å². The van der Waals surface area contributed by atoms with Crippen LogP contribution in [0, 0.1) is 32.1 Å². The maximum Gasteiger partial charge on any atom is 0.271 e. The first-order chi connectivity index (χ1) is 18.6. The molecule has 9 heteroatoms. The maximum absolute atomic E-state index is 13.2. The van der Waals surface area contributed by atoms with E-state index in [1.54, 1.807) is 6.08 Å². The van der Waals surface area contributed by atoms with Gasteiger partial charge in [0.25, 0.3) is 11.5 Å². The van der Waals surface area contributed by atoms with Crippen molar-refractivity contribution in [3.05, 3.63) is 103 Å². The third kappa shape index (κ3) is 6.03. The van der Waals surface area contributed by atoms with Crippen molar-refractivity contribution in [2.45, 2.75) is 40.2 Å². The van der Waals surface area contributed by atoms with Gasteiger partial charge in [-0.25, -0.2) is 0 Å². The Labute approximate surface area is 236 Å². The number of hydrogen-bond donors (Lipinski definition) is 1. The van der Waals surface area contributed by atoms with E-state index in [-0.39, 0.29) is 42.1 Å². The third-order valence-electron chi connectivity index (χ3n) is 6.57. The van der Waals surface area contributed by atoms with E-state index >= 15 is 0 Å². The fourth-order valence-electron chi connectivity index (χ4n) is 4.34. The van der Waals surface area contributed by atoms with Crippen LogP contribution in [0.2, 0.25) is 0 Å². The summed E-state index contributed by atoms with van der Waals surface area (Å²) in [6.07, 6.45) is 2.09. The summed E-state index contributed by atoms with van der Waals surface area (Å²) in [4.78, 5) is 41.1. The predicted octanol–water partition coefficient (Wildman–Crippen LogP) is 5.26. The second-order valence-corrected chi connectivity index (χ2v) is 11.1. The van der Waals surface area contributed by atoms with Gasteiger partial charge in [-0.05, 0) is 50.0 Å². The van der Waals surface area contributed by atoms with E-state index in [1.165, 1.54) is 23.6 Å². The molecule has 0 spiro atoms. The summed E-state index contributed by atoms with van der Waals surface area (Å²) in [5.74, 6) is -1.09. The summed E-state index contributed by atoms with van der Waals surface area (Å²) < 4.78 is 1.48. The molecule has 1 aliphatic heterocycles. The van der Waals surface area contributed by atoms with Crippen molar-refractivity contribution >= 4 is 46.1 Å². The van der Waals surface area contributed by atoms with Gasteiger partial charge in [0, 0.05) is 13.0 Å². The Kier molecular flexibility index (Phi) is 8.48. The lowest BCUT2D eigenvalue weighted by atomic mass is 9.98. The highest BCUT2D eigenvalue weighted by Crippen LogP contribution is 2.33. The number of nitrogens with zero attached hydrogens (tertiary/aromatic N) is 3. The fraction of sp³-hybridized carbons (Fsp3) is 0.233. The minimum absolute atomic E-state index is 0.00390. The number of Topliss-reactive ketones (excluding diaryl/α,β-unsaturated/α-hetero) is 1. The number of rotatable bonds is 8. The van der Waals surface area contributed by atoms with Crippen molar-refractivity contribution in [3.63, 3.8) is 0 Å². The summed E-state index contributed by atoms with van der Waals surface area (Å²) in [5, 5.41) is 20.6. The molecule has 2 aromatic carbocycles. The van der Waals surface area contributed by atoms with E-state index in [2.05, 4.69) is 0 Å². The van der Waals surface area contributed by atoms with E-state index < -0.39 is 17.2 Å². The van der Waals surface area contributed by atoms with Gasteiger partial charge in [0.1, 0.15) is 16.0 Å². The SMILES string of the molecule is Cc1ccc(/C=C2\SC(=S)N(CCCC(=O)c3c(C)c(C#N)c(=O)n(Cc4ccc(C)cc4)c3O)C2=O)cc1. The molecule has 0 bridgehead atoms. The molecule has 0 radical (unpaired) electrons. The molecule has 1 aliphatic rings. The molecule has 198 valence electrons. The number of amides is 1. The summed E-state index contributed by atoms with van der Waals surface area (Å²) in [6, 6.07) is 17.1. The Hall–Kier alpha value is -4.00. The van der Waals surface area contributed by atoms with Gasteiger partial charge in [0.2, 0.25) is 5.88 Å². The van der Waals surface area contributed by atoms with Crippen LogP contribution in [0.5, 0.6) is 5.88 Å². The minimum atomic E-state index is -0.650. The lowest BCUT2D eigenvalue weighted by Gasteiger charge is -2.17. The second kappa shape index (κ2) is 11.8. The Morgan fingerprint density at radius 1 is 1.05 bits per heavy atom. The number of pyridine rings is 1.